The first-order chi connectivity index (χ1) is 8.76. The van der Waals surface area contributed by atoms with Crippen molar-refractivity contribution in [1.82, 2.24) is 4.90 Å². The summed E-state index contributed by atoms with van der Waals surface area (Å²) >= 11 is 0. The molecule has 1 N–H and O–H groups in total. The smallest absolute Gasteiger partial charge is 0.0667 e. The molecule has 0 bridgehead atoms. The van der Waals surface area contributed by atoms with Gasteiger partial charge in [-0.3, -0.25) is 4.90 Å². The van der Waals surface area contributed by atoms with Gasteiger partial charge in [0.25, 0.3) is 0 Å². The van der Waals surface area contributed by atoms with Gasteiger partial charge in [0.2, 0.25) is 0 Å². The molecule has 0 amide bonds. The van der Waals surface area contributed by atoms with E-state index in [-0.39, 0.29) is 6.10 Å². The molecule has 0 aliphatic heterocycles. The van der Waals surface area contributed by atoms with Crippen molar-refractivity contribution in [3.8, 4) is 0 Å². The molecule has 0 saturated heterocycles. The number of aliphatic hydroxyl groups excluding tert-OH is 1. The standard InChI is InChI=1S/C15H25NO2/c1-3-7-15(17)13-16(10-11-18-2)12-14-8-5-4-6-9-14/h4-6,8-9,15,17H,3,7,10-13H2,1-2H3. The number of hydrogen-bond acceptors (Lipinski definition) is 3. The van der Waals surface area contributed by atoms with Gasteiger partial charge in [-0.25, -0.2) is 0 Å². The zero-order chi connectivity index (χ0) is 13.2. The van der Waals surface area contributed by atoms with E-state index in [0.717, 1.165) is 25.9 Å². The fourth-order valence-electron chi connectivity index (χ4n) is 2.02. The van der Waals surface area contributed by atoms with Crippen LogP contribution < -0.4 is 0 Å². The molecule has 1 aromatic carbocycles. The average molecular weight is 251 g/mol. The zero-order valence-electron chi connectivity index (χ0n) is 11.5. The van der Waals surface area contributed by atoms with Gasteiger partial charge in [0.15, 0.2) is 0 Å². The van der Waals surface area contributed by atoms with E-state index in [9.17, 15) is 5.11 Å². The minimum atomic E-state index is -0.240. The molecule has 1 atom stereocenters. The van der Waals surface area contributed by atoms with Crippen LogP contribution >= 0.6 is 0 Å². The highest BCUT2D eigenvalue weighted by molar-refractivity contribution is 5.14. The van der Waals surface area contributed by atoms with E-state index < -0.39 is 0 Å². The number of benzene rings is 1. The molecular formula is C15H25NO2. The Morgan fingerprint density at radius 3 is 2.61 bits per heavy atom. The molecule has 0 heterocycles. The van der Waals surface area contributed by atoms with E-state index in [4.69, 9.17) is 4.74 Å². The van der Waals surface area contributed by atoms with Crippen LogP contribution in [-0.2, 0) is 11.3 Å². The molecule has 0 saturated carbocycles. The van der Waals surface area contributed by atoms with E-state index in [1.165, 1.54) is 5.56 Å². The van der Waals surface area contributed by atoms with Crippen LogP contribution in [-0.4, -0.2) is 42.9 Å². The van der Waals surface area contributed by atoms with Crippen molar-refractivity contribution in [3.05, 3.63) is 35.9 Å². The van der Waals surface area contributed by atoms with Crippen molar-refractivity contribution in [2.75, 3.05) is 26.8 Å². The average Bonchev–Trinajstić information content (AvgIpc) is 2.37. The number of ether oxygens (including phenoxy) is 1. The number of rotatable bonds is 9. The van der Waals surface area contributed by atoms with Crippen LogP contribution in [0.4, 0.5) is 0 Å². The third kappa shape index (κ3) is 6.15. The molecule has 0 aliphatic carbocycles. The summed E-state index contributed by atoms with van der Waals surface area (Å²) in [5, 5.41) is 9.91. The summed E-state index contributed by atoms with van der Waals surface area (Å²) in [6.07, 6.45) is 1.64. The quantitative estimate of drug-likeness (QED) is 0.731. The Labute approximate surface area is 110 Å². The molecule has 1 rings (SSSR count). The van der Waals surface area contributed by atoms with E-state index >= 15 is 0 Å². The Balaban J connectivity index is 2.49. The highest BCUT2D eigenvalue weighted by atomic mass is 16.5. The molecule has 1 aromatic rings. The predicted molar refractivity (Wildman–Crippen MR) is 74.5 cm³/mol. The van der Waals surface area contributed by atoms with Crippen molar-refractivity contribution in [3.63, 3.8) is 0 Å². The largest absolute Gasteiger partial charge is 0.392 e. The monoisotopic (exact) mass is 251 g/mol. The first-order valence-corrected chi connectivity index (χ1v) is 6.69. The number of hydrogen-bond donors (Lipinski definition) is 1. The lowest BCUT2D eigenvalue weighted by Gasteiger charge is -2.24. The maximum absolute atomic E-state index is 9.91. The van der Waals surface area contributed by atoms with Gasteiger partial charge in [-0.15, -0.1) is 0 Å². The summed E-state index contributed by atoms with van der Waals surface area (Å²) in [5.74, 6) is 0. The second kappa shape index (κ2) is 9.09. The predicted octanol–water partition coefficient (Wildman–Crippen LogP) is 2.30. The van der Waals surface area contributed by atoms with Crippen LogP contribution in [0.25, 0.3) is 0 Å². The maximum atomic E-state index is 9.91. The van der Waals surface area contributed by atoms with Gasteiger partial charge in [-0.2, -0.15) is 0 Å². The maximum Gasteiger partial charge on any atom is 0.0667 e. The van der Waals surface area contributed by atoms with Gasteiger partial charge in [0, 0.05) is 26.7 Å². The van der Waals surface area contributed by atoms with Crippen molar-refractivity contribution in [2.24, 2.45) is 0 Å². The molecule has 0 aromatic heterocycles. The zero-order valence-corrected chi connectivity index (χ0v) is 11.5. The fraction of sp³-hybridized carbons (Fsp3) is 0.600. The van der Waals surface area contributed by atoms with Crippen LogP contribution in [0.1, 0.15) is 25.3 Å². The Bertz CT molecular complexity index is 303. The van der Waals surface area contributed by atoms with E-state index in [1.807, 2.05) is 18.2 Å². The topological polar surface area (TPSA) is 32.7 Å². The van der Waals surface area contributed by atoms with Crippen LogP contribution in [0.2, 0.25) is 0 Å². The van der Waals surface area contributed by atoms with Gasteiger partial charge in [-0.05, 0) is 12.0 Å². The molecule has 0 aliphatic rings. The minimum Gasteiger partial charge on any atom is -0.392 e. The molecule has 102 valence electrons. The lowest BCUT2D eigenvalue weighted by Crippen LogP contribution is -2.34. The highest BCUT2D eigenvalue weighted by Gasteiger charge is 2.11. The Kier molecular flexibility index (Phi) is 7.65. The van der Waals surface area contributed by atoms with E-state index in [0.29, 0.717) is 13.2 Å². The molecular weight excluding hydrogens is 226 g/mol. The van der Waals surface area contributed by atoms with Crippen molar-refractivity contribution in [1.29, 1.82) is 0 Å². The van der Waals surface area contributed by atoms with E-state index in [1.54, 1.807) is 7.11 Å². The Morgan fingerprint density at radius 1 is 1.28 bits per heavy atom. The van der Waals surface area contributed by atoms with E-state index in [2.05, 4.69) is 24.0 Å². The Hall–Kier alpha value is -0.900. The van der Waals surface area contributed by atoms with Gasteiger partial charge in [0.05, 0.1) is 12.7 Å². The second-order valence-electron chi connectivity index (χ2n) is 4.66. The minimum absolute atomic E-state index is 0.240. The van der Waals surface area contributed by atoms with Gasteiger partial charge in [-0.1, -0.05) is 43.7 Å². The molecule has 3 nitrogen and oxygen atoms in total. The molecule has 3 heteroatoms. The van der Waals surface area contributed by atoms with Crippen LogP contribution in [0, 0.1) is 0 Å². The number of nitrogens with zero attached hydrogens (tertiary/aromatic N) is 1. The summed E-state index contributed by atoms with van der Waals surface area (Å²) in [7, 11) is 1.71. The Morgan fingerprint density at radius 2 is 2.00 bits per heavy atom. The fourth-order valence-corrected chi connectivity index (χ4v) is 2.02. The lowest BCUT2D eigenvalue weighted by molar-refractivity contribution is 0.0800. The highest BCUT2D eigenvalue weighted by Crippen LogP contribution is 2.07. The second-order valence-corrected chi connectivity index (χ2v) is 4.66. The van der Waals surface area contributed by atoms with Crippen LogP contribution in [0.3, 0.4) is 0 Å². The third-order valence-corrected chi connectivity index (χ3v) is 2.95. The molecule has 0 spiro atoms. The van der Waals surface area contributed by atoms with Crippen molar-refractivity contribution < 1.29 is 9.84 Å². The molecule has 0 fully saturated rings. The summed E-state index contributed by atoms with van der Waals surface area (Å²) < 4.78 is 5.13. The summed E-state index contributed by atoms with van der Waals surface area (Å²) in [4.78, 5) is 2.25. The summed E-state index contributed by atoms with van der Waals surface area (Å²) in [6.45, 7) is 5.23. The van der Waals surface area contributed by atoms with Crippen LogP contribution in [0.5, 0.6) is 0 Å². The van der Waals surface area contributed by atoms with Crippen molar-refractivity contribution in [2.45, 2.75) is 32.4 Å². The first kappa shape index (κ1) is 15.2. The van der Waals surface area contributed by atoms with Gasteiger partial charge >= 0.3 is 0 Å². The lowest BCUT2D eigenvalue weighted by atomic mass is 10.1. The molecule has 0 radical (unpaired) electrons. The third-order valence-electron chi connectivity index (χ3n) is 2.95. The molecule has 1 unspecified atom stereocenters. The van der Waals surface area contributed by atoms with Crippen molar-refractivity contribution >= 4 is 0 Å². The normalized spacial score (nSPS) is 12.9. The first-order valence-electron chi connectivity index (χ1n) is 6.69. The van der Waals surface area contributed by atoms with Gasteiger partial charge in [0.1, 0.15) is 0 Å². The van der Waals surface area contributed by atoms with Gasteiger partial charge < -0.3 is 9.84 Å². The number of methoxy groups -OCH3 is 1. The summed E-state index contributed by atoms with van der Waals surface area (Å²) in [6, 6.07) is 10.4. The molecule has 18 heavy (non-hydrogen) atoms. The van der Waals surface area contributed by atoms with Crippen LogP contribution in [0.15, 0.2) is 30.3 Å². The summed E-state index contributed by atoms with van der Waals surface area (Å²) in [5.41, 5.74) is 1.28. The number of aliphatic hydroxyl groups is 1. The SMILES string of the molecule is CCCC(O)CN(CCOC)Cc1ccccc1.